The van der Waals surface area contributed by atoms with Crippen molar-refractivity contribution in [3.8, 4) is 17.6 Å². The number of ketones is 1. The number of carbonyl (C=O) groups excluding carboxylic acids is 3. The molecule has 1 amide bonds. The third kappa shape index (κ3) is 9.93. The smallest absolute Gasteiger partial charge is 0.497 e. The summed E-state index contributed by atoms with van der Waals surface area (Å²) < 4.78 is 62.1. The van der Waals surface area contributed by atoms with Crippen molar-refractivity contribution in [1.82, 2.24) is 19.5 Å². The molecule has 6 atom stereocenters. The first-order chi connectivity index (χ1) is 27.4. The summed E-state index contributed by atoms with van der Waals surface area (Å²) in [5, 5.41) is 24.6. The minimum absolute atomic E-state index is 0.0142. The van der Waals surface area contributed by atoms with Gasteiger partial charge in [0.1, 0.15) is 30.2 Å². The van der Waals surface area contributed by atoms with Crippen LogP contribution in [0.15, 0.2) is 61.2 Å². The number of esters is 1. The maximum Gasteiger partial charge on any atom is 0.532 e. The van der Waals surface area contributed by atoms with Gasteiger partial charge in [-0.25, -0.2) is 24.0 Å². The minimum atomic E-state index is -4.99. The number of rotatable bonds is 18. The zero-order chi connectivity index (χ0) is 40.6. The Labute approximate surface area is 330 Å². The second kappa shape index (κ2) is 18.5. The lowest BCUT2D eigenvalue weighted by atomic mass is 10.1. The summed E-state index contributed by atoms with van der Waals surface area (Å²) in [7, 11) is -3.49. The highest BCUT2D eigenvalue weighted by Gasteiger charge is 2.64. The summed E-state index contributed by atoms with van der Waals surface area (Å²) >= 11 is 6.31. The van der Waals surface area contributed by atoms with Crippen LogP contribution in [0, 0.1) is 11.3 Å². The van der Waals surface area contributed by atoms with Crippen molar-refractivity contribution < 1.29 is 61.3 Å². The number of carbonyl (C=O) groups is 3. The van der Waals surface area contributed by atoms with E-state index in [4.69, 9.17) is 48.9 Å². The van der Waals surface area contributed by atoms with Gasteiger partial charge in [0, 0.05) is 25.0 Å². The van der Waals surface area contributed by atoms with E-state index in [1.165, 1.54) is 49.5 Å². The molecule has 57 heavy (non-hydrogen) atoms. The van der Waals surface area contributed by atoms with E-state index in [1.54, 1.807) is 30.3 Å². The topological polar surface area (TPSA) is 242 Å². The third-order valence-electron chi connectivity index (χ3n) is 8.68. The molecular weight excluding hydrogens is 791 g/mol. The SMILES string of the molecule is COc1ccc(C(=O)Nc2ncnc3c2ncn3[C@@H]2O[C@H](COC(=O)CCC(C)=O)[C@](O)(OP(=O)(OCCC#N)Oc3ccccc3Cl)[C@H]2OC2CCCO2)cc1. The number of methoxy groups -OCH3 is 1. The number of nitrogens with one attached hydrogen (secondary N) is 1. The van der Waals surface area contributed by atoms with Gasteiger partial charge >= 0.3 is 13.8 Å². The van der Waals surface area contributed by atoms with Gasteiger partial charge in [0.25, 0.3) is 5.91 Å². The fourth-order valence-corrected chi connectivity index (χ4v) is 7.52. The number of phosphoric ester groups is 1. The normalized spacial score (nSPS) is 22.7. The van der Waals surface area contributed by atoms with Crippen LogP contribution in [0.4, 0.5) is 5.82 Å². The van der Waals surface area contributed by atoms with Crippen LogP contribution in [0.2, 0.25) is 5.02 Å². The highest BCUT2D eigenvalue weighted by Crippen LogP contribution is 2.57. The van der Waals surface area contributed by atoms with Crippen LogP contribution in [0.1, 0.15) is 55.6 Å². The van der Waals surface area contributed by atoms with Gasteiger partial charge in [0.2, 0.25) is 5.79 Å². The number of imidazole rings is 1. The molecule has 2 aliphatic rings. The number of amides is 1. The number of phosphoric acid groups is 1. The lowest BCUT2D eigenvalue weighted by Gasteiger charge is -2.35. The zero-order valence-corrected chi connectivity index (χ0v) is 32.3. The Kier molecular flexibility index (Phi) is 13.5. The van der Waals surface area contributed by atoms with Crippen LogP contribution in [0.5, 0.6) is 11.5 Å². The first-order valence-electron chi connectivity index (χ1n) is 17.6. The Morgan fingerprint density at radius 3 is 2.63 bits per heavy atom. The third-order valence-corrected chi connectivity index (χ3v) is 10.4. The van der Waals surface area contributed by atoms with E-state index >= 15 is 0 Å². The molecule has 19 nitrogen and oxygen atoms in total. The average Bonchev–Trinajstić information content (AvgIpc) is 3.93. The number of hydrogen-bond donors (Lipinski definition) is 2. The standard InChI is InChI=1S/C36H38ClN6O13P/c1-22(44)10-15-28(45)51-19-27-36(47,56-57(48,52-18-6-16-38)55-26-8-4-3-7-25(26)37)31(54-29-9-5-17-50-29)35(53-27)43-21-41-30-32(39-20-40-33(30)43)42-34(46)23-11-13-24(49-2)14-12-23/h3-4,7-8,11-14,20-21,27,29,31,35,47H,5-6,9-10,15,17-19H2,1-2H3,(H,39,40,42,46)/t27-,29?,31+,35-,36+,57?/m1/s1. The number of halogens is 1. The van der Waals surface area contributed by atoms with Crippen LogP contribution in [0.25, 0.3) is 11.2 Å². The van der Waals surface area contributed by atoms with Crippen molar-refractivity contribution in [3.63, 3.8) is 0 Å². The number of ether oxygens (including phenoxy) is 5. The fourth-order valence-electron chi connectivity index (χ4n) is 5.85. The molecular formula is C36H38ClN6O13P. The molecule has 302 valence electrons. The van der Waals surface area contributed by atoms with Crippen molar-refractivity contribution in [3.05, 3.63) is 71.8 Å². The van der Waals surface area contributed by atoms with Crippen LogP contribution < -0.4 is 14.6 Å². The lowest BCUT2D eigenvalue weighted by Crippen LogP contribution is -2.53. The van der Waals surface area contributed by atoms with Crippen molar-refractivity contribution in [2.75, 3.05) is 32.2 Å². The Morgan fingerprint density at radius 1 is 1.14 bits per heavy atom. The Hall–Kier alpha value is -5.03. The van der Waals surface area contributed by atoms with E-state index in [9.17, 15) is 29.3 Å². The first kappa shape index (κ1) is 41.6. The molecule has 0 spiro atoms. The van der Waals surface area contributed by atoms with E-state index in [-0.39, 0.29) is 52.8 Å². The van der Waals surface area contributed by atoms with E-state index in [0.717, 1.165) is 0 Å². The molecule has 2 unspecified atom stereocenters. The molecule has 2 N–H and O–H groups in total. The van der Waals surface area contributed by atoms with Gasteiger partial charge in [-0.3, -0.25) is 18.7 Å². The number of nitriles is 1. The molecule has 2 aliphatic heterocycles. The Bertz CT molecular complexity index is 2160. The van der Waals surface area contributed by atoms with Gasteiger partial charge in [-0.2, -0.15) is 5.26 Å². The maximum atomic E-state index is 14.6. The molecule has 2 fully saturated rings. The number of para-hydroxylation sites is 1. The van der Waals surface area contributed by atoms with E-state index in [2.05, 4.69) is 20.3 Å². The van der Waals surface area contributed by atoms with Crippen LogP contribution in [-0.2, 0) is 42.1 Å². The molecule has 0 radical (unpaired) electrons. The molecule has 2 aromatic carbocycles. The van der Waals surface area contributed by atoms with Crippen molar-refractivity contribution in [2.45, 2.75) is 69.5 Å². The summed E-state index contributed by atoms with van der Waals surface area (Å²) in [4.78, 5) is 50.5. The van der Waals surface area contributed by atoms with E-state index in [1.807, 2.05) is 6.07 Å². The summed E-state index contributed by atoms with van der Waals surface area (Å²) in [5.41, 5.74) is 0.493. The van der Waals surface area contributed by atoms with Gasteiger partial charge in [-0.05, 0) is 49.7 Å². The largest absolute Gasteiger partial charge is 0.532 e. The Balaban J connectivity index is 1.39. The number of fused-ring (bicyclic) bond motifs is 1. The Morgan fingerprint density at radius 2 is 1.93 bits per heavy atom. The number of aromatic nitrogens is 4. The second-order valence-corrected chi connectivity index (χ2v) is 14.6. The molecule has 0 aliphatic carbocycles. The van der Waals surface area contributed by atoms with Crippen LogP contribution in [0.3, 0.4) is 0 Å². The van der Waals surface area contributed by atoms with Gasteiger partial charge in [-0.1, -0.05) is 23.7 Å². The number of Topliss-reactive ketones (excluding diaryl/α,β-unsaturated/α-hetero) is 1. The molecule has 4 aromatic rings. The van der Waals surface area contributed by atoms with Gasteiger partial charge in [0.05, 0.1) is 44.0 Å². The molecule has 2 saturated heterocycles. The number of hydrogen-bond acceptors (Lipinski definition) is 17. The number of anilines is 1. The van der Waals surface area contributed by atoms with Gasteiger partial charge in [-0.15, -0.1) is 0 Å². The zero-order valence-electron chi connectivity index (χ0n) is 30.6. The predicted molar refractivity (Wildman–Crippen MR) is 197 cm³/mol. The molecule has 0 saturated carbocycles. The van der Waals surface area contributed by atoms with Crippen molar-refractivity contribution >= 4 is 54.1 Å². The fraction of sp³-hybridized carbons (Fsp3) is 0.417. The van der Waals surface area contributed by atoms with Crippen LogP contribution in [-0.4, -0.2) is 93.5 Å². The maximum absolute atomic E-state index is 14.6. The minimum Gasteiger partial charge on any atom is -0.497 e. The molecule has 21 heteroatoms. The summed E-state index contributed by atoms with van der Waals surface area (Å²) in [6.45, 7) is 0.456. The molecule has 0 bridgehead atoms. The van der Waals surface area contributed by atoms with Gasteiger partial charge < -0.3 is 43.4 Å². The number of benzene rings is 2. The second-order valence-electron chi connectivity index (χ2n) is 12.7. The predicted octanol–water partition coefficient (Wildman–Crippen LogP) is 4.89. The average molecular weight is 829 g/mol. The monoisotopic (exact) mass is 828 g/mol. The molecule has 4 heterocycles. The van der Waals surface area contributed by atoms with E-state index in [0.29, 0.717) is 30.8 Å². The summed E-state index contributed by atoms with van der Waals surface area (Å²) in [5.74, 6) is -3.99. The number of nitrogens with zero attached hydrogens (tertiary/aromatic N) is 5. The summed E-state index contributed by atoms with van der Waals surface area (Å²) in [6.07, 6.45) is -2.97. The summed E-state index contributed by atoms with van der Waals surface area (Å²) in [6, 6.07) is 14.2. The molecule has 6 rings (SSSR count). The van der Waals surface area contributed by atoms with E-state index < -0.39 is 63.4 Å². The van der Waals surface area contributed by atoms with Gasteiger partial charge in [0.15, 0.2) is 41.7 Å². The van der Waals surface area contributed by atoms with Crippen LogP contribution >= 0.6 is 19.4 Å². The highest BCUT2D eigenvalue weighted by atomic mass is 35.5. The number of aliphatic hydroxyl groups is 1. The molecule has 2 aromatic heterocycles. The lowest BCUT2D eigenvalue weighted by molar-refractivity contribution is -0.267. The first-order valence-corrected chi connectivity index (χ1v) is 19.5. The highest BCUT2D eigenvalue weighted by molar-refractivity contribution is 7.49. The van der Waals surface area contributed by atoms with Crippen molar-refractivity contribution in [1.29, 1.82) is 5.26 Å². The quantitative estimate of drug-likeness (QED) is 0.0587. The van der Waals surface area contributed by atoms with Crippen molar-refractivity contribution in [2.24, 2.45) is 0 Å².